The highest BCUT2D eigenvalue weighted by Gasteiger charge is 2.06. The molecule has 0 saturated heterocycles. The Bertz CT molecular complexity index is 526. The van der Waals surface area contributed by atoms with E-state index in [2.05, 4.69) is 22.0 Å². The molecule has 0 atom stereocenters. The number of aryl methyl sites for hydroxylation is 1. The zero-order chi connectivity index (χ0) is 13.0. The standard InChI is InChI=1S/C11H15N5O2/c1-3-4-16-7-8(6-13-16)18-10-5-9(17-2)14-11(12)15-10/h5-7H,3-4H2,1-2H3,(H2,12,14,15). The molecule has 2 aromatic rings. The van der Waals surface area contributed by atoms with Gasteiger partial charge in [0.1, 0.15) is 0 Å². The van der Waals surface area contributed by atoms with E-state index in [4.69, 9.17) is 15.2 Å². The molecule has 7 heteroatoms. The average molecular weight is 249 g/mol. The maximum Gasteiger partial charge on any atom is 0.228 e. The van der Waals surface area contributed by atoms with Crippen LogP contribution in [0.1, 0.15) is 13.3 Å². The van der Waals surface area contributed by atoms with Crippen molar-refractivity contribution in [3.05, 3.63) is 18.5 Å². The monoisotopic (exact) mass is 249 g/mol. The molecule has 0 aromatic carbocycles. The van der Waals surface area contributed by atoms with Gasteiger partial charge < -0.3 is 15.2 Å². The van der Waals surface area contributed by atoms with Gasteiger partial charge in [-0.25, -0.2) is 0 Å². The largest absolute Gasteiger partial charge is 0.481 e. The van der Waals surface area contributed by atoms with Gasteiger partial charge in [0.25, 0.3) is 0 Å². The van der Waals surface area contributed by atoms with Crippen LogP contribution in [0.15, 0.2) is 18.5 Å². The van der Waals surface area contributed by atoms with E-state index in [0.29, 0.717) is 17.5 Å². The van der Waals surface area contributed by atoms with Gasteiger partial charge in [-0.3, -0.25) is 4.68 Å². The third-order valence-corrected chi connectivity index (χ3v) is 2.19. The van der Waals surface area contributed by atoms with Gasteiger partial charge in [0.2, 0.25) is 17.7 Å². The summed E-state index contributed by atoms with van der Waals surface area (Å²) >= 11 is 0. The summed E-state index contributed by atoms with van der Waals surface area (Å²) in [6.07, 6.45) is 4.43. The van der Waals surface area contributed by atoms with Crippen molar-refractivity contribution in [2.24, 2.45) is 0 Å². The third-order valence-electron chi connectivity index (χ3n) is 2.19. The number of ether oxygens (including phenoxy) is 2. The van der Waals surface area contributed by atoms with E-state index < -0.39 is 0 Å². The number of anilines is 1. The topological polar surface area (TPSA) is 88.1 Å². The first kappa shape index (κ1) is 12.2. The van der Waals surface area contributed by atoms with Gasteiger partial charge in [0.05, 0.1) is 25.6 Å². The molecule has 0 radical (unpaired) electrons. The minimum Gasteiger partial charge on any atom is -0.481 e. The van der Waals surface area contributed by atoms with E-state index in [-0.39, 0.29) is 5.95 Å². The first-order valence-electron chi connectivity index (χ1n) is 5.60. The fraction of sp³-hybridized carbons (Fsp3) is 0.364. The van der Waals surface area contributed by atoms with Crippen LogP contribution < -0.4 is 15.2 Å². The first-order valence-corrected chi connectivity index (χ1v) is 5.60. The highest BCUT2D eigenvalue weighted by atomic mass is 16.5. The number of rotatable bonds is 5. The van der Waals surface area contributed by atoms with Gasteiger partial charge in [0.15, 0.2) is 5.75 Å². The minimum absolute atomic E-state index is 0.102. The molecule has 0 unspecified atom stereocenters. The lowest BCUT2D eigenvalue weighted by Gasteiger charge is -2.04. The van der Waals surface area contributed by atoms with Crippen LogP contribution in [0.3, 0.4) is 0 Å². The fourth-order valence-electron chi connectivity index (χ4n) is 1.45. The molecular formula is C11H15N5O2. The van der Waals surface area contributed by atoms with Crippen LogP contribution in [0.5, 0.6) is 17.5 Å². The third kappa shape index (κ3) is 2.88. The number of hydrogen-bond acceptors (Lipinski definition) is 6. The second-order valence-electron chi connectivity index (χ2n) is 3.65. The van der Waals surface area contributed by atoms with E-state index in [1.54, 1.807) is 23.1 Å². The second-order valence-corrected chi connectivity index (χ2v) is 3.65. The Balaban J connectivity index is 2.14. The number of methoxy groups -OCH3 is 1. The molecule has 2 N–H and O–H groups in total. The Hall–Kier alpha value is -2.31. The molecule has 0 fully saturated rings. The van der Waals surface area contributed by atoms with Crippen LogP contribution >= 0.6 is 0 Å². The minimum atomic E-state index is 0.102. The summed E-state index contributed by atoms with van der Waals surface area (Å²) in [5.74, 6) is 1.39. The van der Waals surface area contributed by atoms with E-state index in [1.165, 1.54) is 7.11 Å². The molecule has 0 bridgehead atoms. The SMILES string of the molecule is CCCn1cc(Oc2cc(OC)nc(N)n2)cn1. The molecule has 0 aliphatic heterocycles. The molecule has 0 aliphatic rings. The summed E-state index contributed by atoms with van der Waals surface area (Å²) < 4.78 is 12.3. The maximum atomic E-state index is 5.54. The number of nitrogens with zero attached hydrogens (tertiary/aromatic N) is 4. The summed E-state index contributed by atoms with van der Waals surface area (Å²) in [4.78, 5) is 7.83. The summed E-state index contributed by atoms with van der Waals surface area (Å²) in [5, 5.41) is 4.15. The van der Waals surface area contributed by atoms with Crippen molar-refractivity contribution in [2.45, 2.75) is 19.9 Å². The van der Waals surface area contributed by atoms with Crippen molar-refractivity contribution in [3.8, 4) is 17.5 Å². The number of aromatic nitrogens is 4. The molecule has 0 spiro atoms. The zero-order valence-corrected chi connectivity index (χ0v) is 10.3. The smallest absolute Gasteiger partial charge is 0.228 e. The first-order chi connectivity index (χ1) is 8.71. The molecule has 18 heavy (non-hydrogen) atoms. The summed E-state index contributed by atoms with van der Waals surface area (Å²) in [7, 11) is 1.50. The maximum absolute atomic E-state index is 5.54. The number of nitrogens with two attached hydrogens (primary N) is 1. The lowest BCUT2D eigenvalue weighted by Crippen LogP contribution is -1.99. The predicted octanol–water partition coefficient (Wildman–Crippen LogP) is 1.47. The fourth-order valence-corrected chi connectivity index (χ4v) is 1.45. The number of nitrogen functional groups attached to an aromatic ring is 1. The van der Waals surface area contributed by atoms with E-state index in [1.807, 2.05) is 0 Å². The summed E-state index contributed by atoms with van der Waals surface area (Å²) in [6, 6.07) is 1.56. The van der Waals surface area contributed by atoms with Gasteiger partial charge in [-0.15, -0.1) is 0 Å². The normalized spacial score (nSPS) is 10.3. The van der Waals surface area contributed by atoms with Crippen LogP contribution in [0.4, 0.5) is 5.95 Å². The quantitative estimate of drug-likeness (QED) is 0.863. The molecule has 0 amide bonds. The Morgan fingerprint density at radius 3 is 2.83 bits per heavy atom. The zero-order valence-electron chi connectivity index (χ0n) is 10.3. The van der Waals surface area contributed by atoms with Crippen molar-refractivity contribution in [1.29, 1.82) is 0 Å². The molecule has 0 aliphatic carbocycles. The van der Waals surface area contributed by atoms with Crippen LogP contribution in [0, 0.1) is 0 Å². The van der Waals surface area contributed by atoms with Gasteiger partial charge in [-0.1, -0.05) is 6.92 Å². The van der Waals surface area contributed by atoms with Gasteiger partial charge in [0, 0.05) is 6.54 Å². The van der Waals surface area contributed by atoms with Crippen LogP contribution in [-0.2, 0) is 6.54 Å². The molecule has 96 valence electrons. The second kappa shape index (κ2) is 5.35. The van der Waals surface area contributed by atoms with Crippen molar-refractivity contribution in [3.63, 3.8) is 0 Å². The Morgan fingerprint density at radius 2 is 2.11 bits per heavy atom. The van der Waals surface area contributed by atoms with E-state index >= 15 is 0 Å². The Labute approximate surface area is 105 Å². The van der Waals surface area contributed by atoms with Crippen LogP contribution in [0.2, 0.25) is 0 Å². The van der Waals surface area contributed by atoms with Gasteiger partial charge in [-0.05, 0) is 6.42 Å². The molecule has 2 heterocycles. The Kier molecular flexibility index (Phi) is 3.61. The predicted molar refractivity (Wildman–Crippen MR) is 65.6 cm³/mol. The van der Waals surface area contributed by atoms with Crippen molar-refractivity contribution >= 4 is 5.95 Å². The summed E-state index contributed by atoms with van der Waals surface area (Å²) in [6.45, 7) is 2.93. The van der Waals surface area contributed by atoms with Gasteiger partial charge in [-0.2, -0.15) is 15.1 Å². The highest BCUT2D eigenvalue weighted by molar-refractivity contribution is 5.32. The summed E-state index contributed by atoms with van der Waals surface area (Å²) in [5.41, 5.74) is 5.54. The van der Waals surface area contributed by atoms with E-state index in [0.717, 1.165) is 13.0 Å². The highest BCUT2D eigenvalue weighted by Crippen LogP contribution is 2.22. The molecule has 0 saturated carbocycles. The van der Waals surface area contributed by atoms with Crippen molar-refractivity contribution in [1.82, 2.24) is 19.7 Å². The Morgan fingerprint density at radius 1 is 1.33 bits per heavy atom. The van der Waals surface area contributed by atoms with Crippen molar-refractivity contribution in [2.75, 3.05) is 12.8 Å². The molecule has 2 aromatic heterocycles. The van der Waals surface area contributed by atoms with Crippen LogP contribution in [0.25, 0.3) is 0 Å². The van der Waals surface area contributed by atoms with Crippen LogP contribution in [-0.4, -0.2) is 26.9 Å². The molecule has 7 nitrogen and oxygen atoms in total. The molecule has 2 rings (SSSR count). The van der Waals surface area contributed by atoms with Crippen molar-refractivity contribution < 1.29 is 9.47 Å². The average Bonchev–Trinajstić information content (AvgIpc) is 2.76. The molecular weight excluding hydrogens is 234 g/mol. The lowest BCUT2D eigenvalue weighted by molar-refractivity contribution is 0.389. The lowest BCUT2D eigenvalue weighted by atomic mass is 10.5. The van der Waals surface area contributed by atoms with E-state index in [9.17, 15) is 0 Å². The van der Waals surface area contributed by atoms with Gasteiger partial charge >= 0.3 is 0 Å². The number of hydrogen-bond donors (Lipinski definition) is 1.